The van der Waals surface area contributed by atoms with Crippen LogP contribution in [0.25, 0.3) is 68.2 Å². The van der Waals surface area contributed by atoms with E-state index in [1.54, 1.807) is 6.07 Å². The summed E-state index contributed by atoms with van der Waals surface area (Å²) in [6.07, 6.45) is 0. The van der Waals surface area contributed by atoms with Crippen molar-refractivity contribution in [3.8, 4) is 34.9 Å². The molecule has 0 unspecified atom stereocenters. The van der Waals surface area contributed by atoms with Crippen LogP contribution in [0.3, 0.4) is 0 Å². The van der Waals surface area contributed by atoms with E-state index in [4.69, 9.17) is 13.3 Å². The van der Waals surface area contributed by atoms with Crippen molar-refractivity contribution in [3.63, 3.8) is 0 Å². The maximum Gasteiger partial charge on any atom is 0.266 e. The molecule has 3 aromatic carbocycles. The van der Waals surface area contributed by atoms with Gasteiger partial charge in [0.25, 0.3) is 5.89 Å². The molecule has 4 aromatic heterocycles. The molecule has 0 fully saturated rings. The molecule has 0 spiro atoms. The molecule has 0 aliphatic heterocycles. The smallest absolute Gasteiger partial charge is 0.266 e. The van der Waals surface area contributed by atoms with Gasteiger partial charge in [-0.3, -0.25) is 0 Å². The Morgan fingerprint density at radius 1 is 0.424 bits per heavy atom. The van der Waals surface area contributed by atoms with Crippen molar-refractivity contribution in [2.24, 2.45) is 0 Å². The summed E-state index contributed by atoms with van der Waals surface area (Å²) in [4.78, 5) is 23.0. The fraction of sp³-hybridized carbons (Fsp3) is 0. The molecular weight excluding hydrogens is 418 g/mol. The standard InChI is InChI=1S/C25H13N5O3/c1-4-10-19-14(7-1)28-23(31-19)17-13-18(24-29-15-8-2-5-11-20(15)32-24)27-22(26-17)25-30-16-9-3-6-12-21(16)33-25/h1-13H. The second kappa shape index (κ2) is 6.83. The number of oxazole rings is 3. The predicted molar refractivity (Wildman–Crippen MR) is 121 cm³/mol. The molecule has 4 heterocycles. The fourth-order valence-electron chi connectivity index (χ4n) is 3.69. The molecule has 0 N–H and O–H groups in total. The largest absolute Gasteiger partial charge is 0.435 e. The van der Waals surface area contributed by atoms with E-state index in [0.29, 0.717) is 45.4 Å². The van der Waals surface area contributed by atoms with Gasteiger partial charge in [0.05, 0.1) is 0 Å². The first-order valence-corrected chi connectivity index (χ1v) is 10.3. The average Bonchev–Trinajstić information content (AvgIpc) is 3.59. The first-order chi connectivity index (χ1) is 16.3. The Bertz CT molecular complexity index is 1480. The van der Waals surface area contributed by atoms with Crippen LogP contribution in [-0.4, -0.2) is 24.9 Å². The van der Waals surface area contributed by atoms with Gasteiger partial charge in [0.2, 0.25) is 17.6 Å². The Hall–Kier alpha value is -4.85. The van der Waals surface area contributed by atoms with Crippen molar-refractivity contribution >= 4 is 33.3 Å². The number of hydrogen-bond acceptors (Lipinski definition) is 8. The summed E-state index contributed by atoms with van der Waals surface area (Å²) in [7, 11) is 0. The summed E-state index contributed by atoms with van der Waals surface area (Å²) in [5.41, 5.74) is 5.09. The maximum absolute atomic E-state index is 5.95. The van der Waals surface area contributed by atoms with Crippen LogP contribution in [0, 0.1) is 0 Å². The highest BCUT2D eigenvalue weighted by molar-refractivity contribution is 5.79. The Labute approximate surface area is 185 Å². The van der Waals surface area contributed by atoms with Crippen molar-refractivity contribution in [1.82, 2.24) is 24.9 Å². The van der Waals surface area contributed by atoms with Crippen molar-refractivity contribution < 1.29 is 13.3 Å². The van der Waals surface area contributed by atoms with Gasteiger partial charge in [-0.2, -0.15) is 0 Å². The molecule has 0 aliphatic carbocycles. The summed E-state index contributed by atoms with van der Waals surface area (Å²) >= 11 is 0. The van der Waals surface area contributed by atoms with Crippen LogP contribution in [0.15, 0.2) is 92.1 Å². The van der Waals surface area contributed by atoms with Gasteiger partial charge in [-0.1, -0.05) is 36.4 Å². The van der Waals surface area contributed by atoms with E-state index < -0.39 is 0 Å². The summed E-state index contributed by atoms with van der Waals surface area (Å²) in [6, 6.07) is 24.3. The summed E-state index contributed by atoms with van der Waals surface area (Å²) < 4.78 is 17.8. The van der Waals surface area contributed by atoms with Gasteiger partial charge in [0.1, 0.15) is 27.9 Å². The van der Waals surface area contributed by atoms with Gasteiger partial charge < -0.3 is 13.3 Å². The molecule has 33 heavy (non-hydrogen) atoms. The predicted octanol–water partition coefficient (Wildman–Crippen LogP) is 5.90. The molecular formula is C25H13N5O3. The lowest BCUT2D eigenvalue weighted by Gasteiger charge is -2.02. The molecule has 156 valence electrons. The minimum atomic E-state index is 0.281. The minimum Gasteiger partial charge on any atom is -0.435 e. The van der Waals surface area contributed by atoms with E-state index in [1.807, 2.05) is 72.8 Å². The lowest BCUT2D eigenvalue weighted by Crippen LogP contribution is -1.96. The van der Waals surface area contributed by atoms with Crippen LogP contribution in [0.2, 0.25) is 0 Å². The molecule has 0 atom stereocenters. The molecule has 0 saturated carbocycles. The maximum atomic E-state index is 5.95. The molecule has 0 aliphatic rings. The van der Waals surface area contributed by atoms with Gasteiger partial charge in [0.15, 0.2) is 16.7 Å². The van der Waals surface area contributed by atoms with Crippen LogP contribution >= 0.6 is 0 Å². The number of aromatic nitrogens is 5. The third kappa shape index (κ3) is 2.96. The highest BCUT2D eigenvalue weighted by Crippen LogP contribution is 2.31. The zero-order valence-corrected chi connectivity index (χ0v) is 17.0. The molecule has 8 nitrogen and oxygen atoms in total. The summed E-state index contributed by atoms with van der Waals surface area (Å²) in [5.74, 6) is 1.27. The number of benzene rings is 3. The lowest BCUT2D eigenvalue weighted by atomic mass is 10.3. The third-order valence-electron chi connectivity index (χ3n) is 5.24. The Morgan fingerprint density at radius 3 is 1.27 bits per heavy atom. The van der Waals surface area contributed by atoms with Gasteiger partial charge in [-0.15, -0.1) is 0 Å². The van der Waals surface area contributed by atoms with Crippen molar-refractivity contribution in [2.75, 3.05) is 0 Å². The van der Waals surface area contributed by atoms with Crippen LogP contribution in [0.4, 0.5) is 0 Å². The molecule has 7 aromatic rings. The van der Waals surface area contributed by atoms with Crippen LogP contribution in [-0.2, 0) is 0 Å². The molecule has 0 amide bonds. The van der Waals surface area contributed by atoms with Crippen molar-refractivity contribution in [2.45, 2.75) is 0 Å². The molecule has 8 heteroatoms. The molecule has 0 saturated heterocycles. The average molecular weight is 431 g/mol. The second-order valence-corrected chi connectivity index (χ2v) is 7.42. The van der Waals surface area contributed by atoms with Crippen LogP contribution in [0.5, 0.6) is 0 Å². The molecule has 0 radical (unpaired) electrons. The van der Waals surface area contributed by atoms with E-state index in [1.165, 1.54) is 0 Å². The number of para-hydroxylation sites is 6. The van der Waals surface area contributed by atoms with Gasteiger partial charge in [0, 0.05) is 6.07 Å². The monoisotopic (exact) mass is 431 g/mol. The first-order valence-electron chi connectivity index (χ1n) is 10.3. The number of hydrogen-bond donors (Lipinski definition) is 0. The third-order valence-corrected chi connectivity index (χ3v) is 5.24. The SMILES string of the molecule is c1ccc2oc(-c3cc(-c4nc5ccccc5o4)nc(-c4nc5ccccc5o4)n3)nc2c1. The Kier molecular flexibility index (Phi) is 3.68. The van der Waals surface area contributed by atoms with E-state index in [0.717, 1.165) is 11.0 Å². The zero-order valence-electron chi connectivity index (χ0n) is 17.0. The number of fused-ring (bicyclic) bond motifs is 3. The number of nitrogens with zero attached hydrogens (tertiary/aromatic N) is 5. The normalized spacial score (nSPS) is 11.6. The van der Waals surface area contributed by atoms with E-state index >= 15 is 0 Å². The van der Waals surface area contributed by atoms with Crippen molar-refractivity contribution in [3.05, 3.63) is 78.9 Å². The molecule has 0 bridgehead atoms. The van der Waals surface area contributed by atoms with E-state index in [9.17, 15) is 0 Å². The second-order valence-electron chi connectivity index (χ2n) is 7.42. The lowest BCUT2D eigenvalue weighted by molar-refractivity contribution is 0.604. The van der Waals surface area contributed by atoms with Crippen LogP contribution < -0.4 is 0 Å². The van der Waals surface area contributed by atoms with Crippen LogP contribution in [0.1, 0.15) is 0 Å². The van der Waals surface area contributed by atoms with Gasteiger partial charge in [-0.25, -0.2) is 24.9 Å². The topological polar surface area (TPSA) is 104 Å². The van der Waals surface area contributed by atoms with Gasteiger partial charge >= 0.3 is 0 Å². The first kappa shape index (κ1) is 17.8. The van der Waals surface area contributed by atoms with Gasteiger partial charge in [-0.05, 0) is 36.4 Å². The zero-order chi connectivity index (χ0) is 21.8. The summed E-state index contributed by atoms with van der Waals surface area (Å²) in [6.45, 7) is 0. The Balaban J connectivity index is 1.46. The highest BCUT2D eigenvalue weighted by atomic mass is 16.4. The number of rotatable bonds is 3. The molecule has 7 rings (SSSR count). The highest BCUT2D eigenvalue weighted by Gasteiger charge is 2.20. The fourth-order valence-corrected chi connectivity index (χ4v) is 3.69. The quantitative estimate of drug-likeness (QED) is 0.340. The van der Waals surface area contributed by atoms with Crippen molar-refractivity contribution in [1.29, 1.82) is 0 Å². The van der Waals surface area contributed by atoms with E-state index in [2.05, 4.69) is 24.9 Å². The summed E-state index contributed by atoms with van der Waals surface area (Å²) in [5, 5.41) is 0. The minimum absolute atomic E-state index is 0.281. The Morgan fingerprint density at radius 2 is 0.818 bits per heavy atom. The van der Waals surface area contributed by atoms with E-state index in [-0.39, 0.29) is 11.7 Å².